The van der Waals surface area contributed by atoms with E-state index < -0.39 is 0 Å². The number of nitrogens with zero attached hydrogens (tertiary/aromatic N) is 2. The summed E-state index contributed by atoms with van der Waals surface area (Å²) in [5.74, 6) is 2.70. The van der Waals surface area contributed by atoms with Crippen LogP contribution in [0.15, 0.2) is 26.9 Å². The Morgan fingerprint density at radius 2 is 2.04 bits per heavy atom. The van der Waals surface area contributed by atoms with Crippen molar-refractivity contribution in [2.75, 3.05) is 11.9 Å². The van der Waals surface area contributed by atoms with Crippen molar-refractivity contribution in [3.63, 3.8) is 0 Å². The molecule has 26 heavy (non-hydrogen) atoms. The summed E-state index contributed by atoms with van der Waals surface area (Å²) in [5.41, 5.74) is 12.3. The van der Waals surface area contributed by atoms with Gasteiger partial charge in [0, 0.05) is 11.9 Å². The van der Waals surface area contributed by atoms with E-state index in [0.717, 1.165) is 35.5 Å². The van der Waals surface area contributed by atoms with Gasteiger partial charge < -0.3 is 21.2 Å². The number of aromatic nitrogens is 1. The lowest BCUT2D eigenvalue weighted by atomic mass is 9.87. The zero-order valence-electron chi connectivity index (χ0n) is 14.6. The number of hydrogen-bond acceptors (Lipinski definition) is 5. The fraction of sp³-hybridized carbons (Fsp3) is 0.529. The second kappa shape index (κ2) is 11.4. The summed E-state index contributed by atoms with van der Waals surface area (Å²) in [6.45, 7) is 1.16. The molecule has 6 nitrogen and oxygen atoms in total. The highest BCUT2D eigenvalue weighted by Gasteiger charge is 2.13. The fourth-order valence-electron chi connectivity index (χ4n) is 3.06. The third kappa shape index (κ3) is 6.46. The number of nitrogens with two attached hydrogens (primary N) is 2. The summed E-state index contributed by atoms with van der Waals surface area (Å²) in [7, 11) is 0. The number of hydrogen-bond donors (Lipinski definition) is 3. The van der Waals surface area contributed by atoms with Gasteiger partial charge in [-0.15, -0.1) is 36.2 Å². The largest absolute Gasteiger partial charge is 0.458 e. The van der Waals surface area contributed by atoms with Crippen molar-refractivity contribution in [3.05, 3.63) is 23.3 Å². The van der Waals surface area contributed by atoms with Crippen molar-refractivity contribution in [2.24, 2.45) is 22.4 Å². The number of rotatable bonds is 6. The fourth-order valence-corrected chi connectivity index (χ4v) is 3.77. The first kappa shape index (κ1) is 22.8. The van der Waals surface area contributed by atoms with E-state index in [9.17, 15) is 0 Å². The van der Waals surface area contributed by atoms with E-state index in [1.165, 1.54) is 43.4 Å². The Labute approximate surface area is 170 Å². The zero-order valence-corrected chi connectivity index (χ0v) is 17.1. The van der Waals surface area contributed by atoms with Gasteiger partial charge in [-0.05, 0) is 24.5 Å². The van der Waals surface area contributed by atoms with E-state index in [1.54, 1.807) is 0 Å². The number of furan rings is 1. The van der Waals surface area contributed by atoms with Crippen molar-refractivity contribution in [1.82, 2.24) is 4.98 Å². The van der Waals surface area contributed by atoms with E-state index >= 15 is 0 Å². The van der Waals surface area contributed by atoms with Gasteiger partial charge in [-0.3, -0.25) is 4.99 Å². The van der Waals surface area contributed by atoms with E-state index in [-0.39, 0.29) is 24.8 Å². The molecule has 0 atom stereocenters. The predicted octanol–water partition coefficient (Wildman–Crippen LogP) is 4.40. The lowest BCUT2D eigenvalue weighted by Gasteiger charge is -2.20. The molecule has 0 unspecified atom stereocenters. The average molecular weight is 420 g/mol. The van der Waals surface area contributed by atoms with Crippen molar-refractivity contribution in [2.45, 2.75) is 45.1 Å². The van der Waals surface area contributed by atoms with Crippen LogP contribution in [0.25, 0.3) is 11.5 Å². The van der Waals surface area contributed by atoms with Gasteiger partial charge in [0.05, 0.1) is 6.54 Å². The lowest BCUT2D eigenvalue weighted by molar-refractivity contribution is 0.343. The van der Waals surface area contributed by atoms with E-state index in [2.05, 4.69) is 15.3 Å². The Kier molecular flexibility index (Phi) is 10.0. The SMILES string of the molecule is Cl.Cl.NCc1ccc(-c2csc(NC(N)=NCCC3CCCCC3)n2)o1. The molecule has 0 radical (unpaired) electrons. The molecule has 2 aromatic heterocycles. The minimum atomic E-state index is 0. The van der Waals surface area contributed by atoms with Crippen LogP contribution in [0.2, 0.25) is 0 Å². The smallest absolute Gasteiger partial charge is 0.194 e. The third-order valence-electron chi connectivity index (χ3n) is 4.40. The van der Waals surface area contributed by atoms with Crippen molar-refractivity contribution < 1.29 is 4.42 Å². The first-order chi connectivity index (χ1) is 11.7. The maximum absolute atomic E-state index is 5.96. The van der Waals surface area contributed by atoms with Crippen LogP contribution >= 0.6 is 36.2 Å². The van der Waals surface area contributed by atoms with Crippen LogP contribution in [0.3, 0.4) is 0 Å². The van der Waals surface area contributed by atoms with E-state index in [4.69, 9.17) is 15.9 Å². The van der Waals surface area contributed by atoms with Gasteiger partial charge in [0.15, 0.2) is 16.9 Å². The highest BCUT2D eigenvalue weighted by molar-refractivity contribution is 7.14. The van der Waals surface area contributed by atoms with Gasteiger partial charge in [0.2, 0.25) is 0 Å². The Hall–Kier alpha value is -1.28. The topological polar surface area (TPSA) is 102 Å². The van der Waals surface area contributed by atoms with Crippen LogP contribution in [0.1, 0.15) is 44.3 Å². The molecular formula is C17H27Cl2N5OS. The molecule has 1 aliphatic rings. The molecule has 1 saturated carbocycles. The molecule has 5 N–H and O–H groups in total. The van der Waals surface area contributed by atoms with E-state index in [1.807, 2.05) is 17.5 Å². The number of aliphatic imine (C=N–C) groups is 1. The zero-order chi connectivity index (χ0) is 16.8. The first-order valence-corrected chi connectivity index (χ1v) is 9.44. The van der Waals surface area contributed by atoms with Crippen LogP contribution in [0.5, 0.6) is 0 Å². The van der Waals surface area contributed by atoms with Crippen LogP contribution in [-0.2, 0) is 6.54 Å². The Bertz CT molecular complexity index is 682. The first-order valence-electron chi connectivity index (χ1n) is 8.56. The molecule has 3 rings (SSSR count). The normalized spacial score (nSPS) is 15.2. The molecule has 0 aromatic carbocycles. The molecule has 0 saturated heterocycles. The summed E-state index contributed by atoms with van der Waals surface area (Å²) in [4.78, 5) is 8.90. The van der Waals surface area contributed by atoms with Gasteiger partial charge in [0.1, 0.15) is 11.5 Å². The summed E-state index contributed by atoms with van der Waals surface area (Å²) in [6.07, 6.45) is 7.92. The van der Waals surface area contributed by atoms with E-state index in [0.29, 0.717) is 18.3 Å². The summed E-state index contributed by atoms with van der Waals surface area (Å²) >= 11 is 1.48. The van der Waals surface area contributed by atoms with Crippen LogP contribution in [0, 0.1) is 5.92 Å². The molecule has 146 valence electrons. The number of guanidine groups is 1. The van der Waals surface area contributed by atoms with Crippen molar-refractivity contribution in [1.29, 1.82) is 0 Å². The van der Waals surface area contributed by atoms with Gasteiger partial charge in [0.25, 0.3) is 0 Å². The molecule has 2 aromatic rings. The maximum Gasteiger partial charge on any atom is 0.194 e. The van der Waals surface area contributed by atoms with Crippen molar-refractivity contribution in [3.8, 4) is 11.5 Å². The van der Waals surface area contributed by atoms with Gasteiger partial charge in [-0.25, -0.2) is 4.98 Å². The Morgan fingerprint density at radius 1 is 1.27 bits per heavy atom. The maximum atomic E-state index is 5.96. The molecule has 0 amide bonds. The molecule has 9 heteroatoms. The summed E-state index contributed by atoms with van der Waals surface area (Å²) in [5, 5.41) is 5.70. The molecule has 2 heterocycles. The summed E-state index contributed by atoms with van der Waals surface area (Å²) < 4.78 is 5.60. The summed E-state index contributed by atoms with van der Waals surface area (Å²) in [6, 6.07) is 3.74. The highest BCUT2D eigenvalue weighted by Crippen LogP contribution is 2.27. The minimum absolute atomic E-state index is 0. The van der Waals surface area contributed by atoms with Gasteiger partial charge >= 0.3 is 0 Å². The number of thiazole rings is 1. The lowest BCUT2D eigenvalue weighted by Crippen LogP contribution is -2.23. The number of nitrogens with one attached hydrogen (secondary N) is 1. The predicted molar refractivity (Wildman–Crippen MR) is 114 cm³/mol. The van der Waals surface area contributed by atoms with Crippen molar-refractivity contribution >= 4 is 47.2 Å². The van der Waals surface area contributed by atoms with Crippen LogP contribution in [0.4, 0.5) is 5.13 Å². The highest BCUT2D eigenvalue weighted by atomic mass is 35.5. The monoisotopic (exact) mass is 419 g/mol. The molecule has 0 aliphatic heterocycles. The average Bonchev–Trinajstić information content (AvgIpc) is 3.24. The molecule has 0 spiro atoms. The minimum Gasteiger partial charge on any atom is -0.458 e. The molecule has 1 aliphatic carbocycles. The second-order valence-corrected chi connectivity index (χ2v) is 7.05. The Balaban J connectivity index is 0.00000169. The van der Waals surface area contributed by atoms with Gasteiger partial charge in [-0.1, -0.05) is 32.1 Å². The van der Waals surface area contributed by atoms with Gasteiger partial charge in [-0.2, -0.15) is 0 Å². The number of halogens is 2. The quantitative estimate of drug-likeness (QED) is 0.475. The molecule has 1 fully saturated rings. The molecular weight excluding hydrogens is 393 g/mol. The van der Waals surface area contributed by atoms with Crippen LogP contribution in [-0.4, -0.2) is 17.5 Å². The molecule has 0 bridgehead atoms. The third-order valence-corrected chi connectivity index (χ3v) is 5.16. The number of anilines is 1. The standard InChI is InChI=1S/C17H25N5OS.2ClH/c18-10-13-6-7-15(23-13)14-11-24-17(21-14)22-16(19)20-9-8-12-4-2-1-3-5-12;;/h6-7,11-12H,1-5,8-10,18H2,(H3,19,20,21,22);2*1H. The Morgan fingerprint density at radius 3 is 2.73 bits per heavy atom. The second-order valence-electron chi connectivity index (χ2n) is 6.19. The van der Waals surface area contributed by atoms with Crippen LogP contribution < -0.4 is 16.8 Å².